The maximum atomic E-state index is 12.5. The molecule has 4 aliphatic rings. The van der Waals surface area contributed by atoms with Crippen LogP contribution in [0.4, 0.5) is 0 Å². The monoisotopic (exact) mass is 368 g/mol. The minimum atomic E-state index is -0.611. The number of carbonyl (C=O) groups excluding carboxylic acids is 1. The van der Waals surface area contributed by atoms with Crippen molar-refractivity contribution in [2.45, 2.75) is 82.1 Å². The van der Waals surface area contributed by atoms with E-state index in [2.05, 4.69) is 25.1 Å². The zero-order chi connectivity index (χ0) is 18.9. The minimum Gasteiger partial charge on any atom is -0.390 e. The van der Waals surface area contributed by atoms with Crippen LogP contribution in [-0.2, 0) is 10.2 Å². The van der Waals surface area contributed by atoms with Crippen molar-refractivity contribution in [1.29, 1.82) is 0 Å². The molecule has 0 bridgehead atoms. The van der Waals surface area contributed by atoms with Crippen LogP contribution in [0.5, 0.6) is 0 Å². The van der Waals surface area contributed by atoms with Gasteiger partial charge in [-0.15, -0.1) is 0 Å². The quantitative estimate of drug-likeness (QED) is 0.883. The molecule has 0 radical (unpaired) electrons. The van der Waals surface area contributed by atoms with Gasteiger partial charge in [-0.25, -0.2) is 0 Å². The van der Waals surface area contributed by atoms with Gasteiger partial charge in [0.15, 0.2) is 0 Å². The zero-order valence-electron chi connectivity index (χ0n) is 16.7. The summed E-state index contributed by atoms with van der Waals surface area (Å²) in [6.45, 7) is 6.03. The van der Waals surface area contributed by atoms with E-state index in [1.54, 1.807) is 0 Å². The number of nitrogens with zero attached hydrogens (tertiary/aromatic N) is 2. The fraction of sp³-hybridized carbons (Fsp3) is 0.739. The summed E-state index contributed by atoms with van der Waals surface area (Å²) in [5.74, 6) is 0.926. The molecule has 1 N–H and O–H groups in total. The Morgan fingerprint density at radius 3 is 2.37 bits per heavy atom. The normalized spacial score (nSPS) is 34.0. The van der Waals surface area contributed by atoms with Crippen LogP contribution < -0.4 is 0 Å². The fourth-order valence-electron chi connectivity index (χ4n) is 5.65. The van der Waals surface area contributed by atoms with Crippen LogP contribution >= 0.6 is 0 Å². The van der Waals surface area contributed by atoms with Gasteiger partial charge in [0.05, 0.1) is 5.60 Å². The van der Waals surface area contributed by atoms with Gasteiger partial charge in [0.25, 0.3) is 0 Å². The molecule has 3 saturated carbocycles. The molecule has 2 heterocycles. The minimum absolute atomic E-state index is 0.0596. The van der Waals surface area contributed by atoms with E-state index in [9.17, 15) is 9.90 Å². The Balaban J connectivity index is 1.16. The van der Waals surface area contributed by atoms with Gasteiger partial charge in [-0.1, -0.05) is 13.0 Å². The van der Waals surface area contributed by atoms with Crippen LogP contribution in [0.2, 0.25) is 0 Å². The molecule has 1 aromatic heterocycles. The van der Waals surface area contributed by atoms with Crippen molar-refractivity contribution in [1.82, 2.24) is 9.88 Å². The molecular formula is C23H32N2O2. The molecule has 1 saturated heterocycles. The SMILES string of the molecule is CC1(O)CC(C(=O)N2CC3(CCC(c4cccc(C5(C)CC5)n4)CC3)C2)C1. The van der Waals surface area contributed by atoms with Gasteiger partial charge in [-0.3, -0.25) is 9.78 Å². The van der Waals surface area contributed by atoms with Crippen LogP contribution in [0.1, 0.15) is 82.5 Å². The van der Waals surface area contributed by atoms with E-state index < -0.39 is 5.60 Å². The number of amides is 1. The second-order valence-corrected chi connectivity index (χ2v) is 10.6. The van der Waals surface area contributed by atoms with Crippen LogP contribution in [0.15, 0.2) is 18.2 Å². The lowest BCUT2D eigenvalue weighted by atomic mass is 9.64. The molecule has 4 fully saturated rings. The molecule has 27 heavy (non-hydrogen) atoms. The number of carbonyl (C=O) groups is 1. The van der Waals surface area contributed by atoms with E-state index in [4.69, 9.17) is 4.98 Å². The van der Waals surface area contributed by atoms with Gasteiger partial charge in [0.1, 0.15) is 0 Å². The van der Waals surface area contributed by atoms with Gasteiger partial charge in [-0.2, -0.15) is 0 Å². The molecular weight excluding hydrogens is 336 g/mol. The lowest BCUT2D eigenvalue weighted by Gasteiger charge is -2.55. The van der Waals surface area contributed by atoms with E-state index in [-0.39, 0.29) is 11.8 Å². The topological polar surface area (TPSA) is 53.4 Å². The maximum Gasteiger partial charge on any atom is 0.225 e. The third kappa shape index (κ3) is 3.10. The van der Waals surface area contributed by atoms with Crippen LogP contribution in [0, 0.1) is 11.3 Å². The molecule has 146 valence electrons. The Hall–Kier alpha value is -1.42. The summed E-state index contributed by atoms with van der Waals surface area (Å²) >= 11 is 0. The first-order valence-electron chi connectivity index (χ1n) is 10.8. The van der Waals surface area contributed by atoms with Crippen LogP contribution in [-0.4, -0.2) is 39.6 Å². The average Bonchev–Trinajstić information content (AvgIpc) is 3.36. The first kappa shape index (κ1) is 17.7. The first-order chi connectivity index (χ1) is 12.8. The number of likely N-dealkylation sites (tertiary alicyclic amines) is 1. The Morgan fingerprint density at radius 1 is 1.11 bits per heavy atom. The third-order valence-electron chi connectivity index (χ3n) is 7.94. The lowest BCUT2D eigenvalue weighted by molar-refractivity contribution is -0.163. The molecule has 5 rings (SSSR count). The third-order valence-corrected chi connectivity index (χ3v) is 7.94. The van der Waals surface area contributed by atoms with E-state index >= 15 is 0 Å². The highest BCUT2D eigenvalue weighted by molar-refractivity contribution is 5.81. The average molecular weight is 369 g/mol. The Kier molecular flexibility index (Phi) is 3.79. The molecule has 1 aliphatic heterocycles. The fourth-order valence-corrected chi connectivity index (χ4v) is 5.65. The predicted octanol–water partition coefficient (Wildman–Crippen LogP) is 3.78. The van der Waals surface area contributed by atoms with Gasteiger partial charge in [-0.05, 0) is 70.4 Å². The standard InChI is InChI=1S/C23H32N2O2/c1-21(10-11-21)19-5-3-4-18(24-19)16-6-8-23(9-7-16)14-25(15-23)20(26)17-12-22(2,27)13-17/h3-5,16-17,27H,6-15H2,1-2H3. The highest BCUT2D eigenvalue weighted by Crippen LogP contribution is 2.50. The second-order valence-electron chi connectivity index (χ2n) is 10.6. The van der Waals surface area contributed by atoms with Gasteiger partial charge < -0.3 is 10.0 Å². The molecule has 4 heteroatoms. The van der Waals surface area contributed by atoms with Crippen LogP contribution in [0.25, 0.3) is 0 Å². The molecule has 0 atom stereocenters. The Morgan fingerprint density at radius 2 is 1.78 bits per heavy atom. The number of hydrogen-bond acceptors (Lipinski definition) is 3. The van der Waals surface area contributed by atoms with Gasteiger partial charge >= 0.3 is 0 Å². The summed E-state index contributed by atoms with van der Waals surface area (Å²) < 4.78 is 0. The molecule has 4 nitrogen and oxygen atoms in total. The van der Waals surface area contributed by atoms with Gasteiger partial charge in [0, 0.05) is 47.1 Å². The van der Waals surface area contributed by atoms with Crippen molar-refractivity contribution < 1.29 is 9.90 Å². The molecule has 0 aromatic carbocycles. The highest BCUT2D eigenvalue weighted by atomic mass is 16.3. The molecule has 1 amide bonds. The van der Waals surface area contributed by atoms with Crippen molar-refractivity contribution >= 4 is 5.91 Å². The first-order valence-corrected chi connectivity index (χ1v) is 10.8. The summed E-state index contributed by atoms with van der Waals surface area (Å²) in [7, 11) is 0. The Bertz CT molecular complexity index is 743. The van der Waals surface area contributed by atoms with E-state index in [1.807, 2.05) is 11.8 Å². The number of pyridine rings is 1. The second kappa shape index (κ2) is 5.79. The molecule has 1 aromatic rings. The van der Waals surface area contributed by atoms with Crippen molar-refractivity contribution in [3.8, 4) is 0 Å². The van der Waals surface area contributed by atoms with Crippen molar-refractivity contribution in [2.24, 2.45) is 11.3 Å². The smallest absolute Gasteiger partial charge is 0.225 e. The summed E-state index contributed by atoms with van der Waals surface area (Å²) in [5.41, 5.74) is 2.67. The molecule has 3 aliphatic carbocycles. The number of hydrogen-bond donors (Lipinski definition) is 1. The number of aliphatic hydroxyl groups is 1. The molecule has 0 unspecified atom stereocenters. The summed E-state index contributed by atoms with van der Waals surface area (Å²) in [6, 6.07) is 6.62. The largest absolute Gasteiger partial charge is 0.390 e. The van der Waals surface area contributed by atoms with E-state index in [0.717, 1.165) is 13.1 Å². The van der Waals surface area contributed by atoms with Crippen molar-refractivity contribution in [2.75, 3.05) is 13.1 Å². The number of aromatic nitrogens is 1. The van der Waals surface area contributed by atoms with Crippen LogP contribution in [0.3, 0.4) is 0 Å². The highest BCUT2D eigenvalue weighted by Gasteiger charge is 2.51. The van der Waals surface area contributed by atoms with Crippen molar-refractivity contribution in [3.63, 3.8) is 0 Å². The van der Waals surface area contributed by atoms with Crippen molar-refractivity contribution in [3.05, 3.63) is 29.6 Å². The summed E-state index contributed by atoms with van der Waals surface area (Å²) in [5, 5.41) is 9.88. The predicted molar refractivity (Wildman–Crippen MR) is 104 cm³/mol. The maximum absolute atomic E-state index is 12.5. The van der Waals surface area contributed by atoms with E-state index in [0.29, 0.717) is 29.6 Å². The molecule has 1 spiro atoms. The number of rotatable bonds is 3. The Labute approximate surface area is 162 Å². The summed E-state index contributed by atoms with van der Waals surface area (Å²) in [6.07, 6.45) is 8.66. The van der Waals surface area contributed by atoms with Gasteiger partial charge in [0.2, 0.25) is 5.91 Å². The zero-order valence-corrected chi connectivity index (χ0v) is 16.7. The lowest BCUT2D eigenvalue weighted by Crippen LogP contribution is -2.62. The van der Waals surface area contributed by atoms with E-state index in [1.165, 1.54) is 49.9 Å². The summed E-state index contributed by atoms with van der Waals surface area (Å²) in [4.78, 5) is 19.6.